The van der Waals surface area contributed by atoms with Gasteiger partial charge < -0.3 is 11.1 Å². The standard InChI is InChI=1S/C11H14BrFN2O/c1-7(14)4-5-15-11(16)8-2-3-9(12)10(13)6-8/h2-3,6-7H,4-5,14H2,1H3,(H,15,16). The van der Waals surface area contributed by atoms with Crippen molar-refractivity contribution in [3.05, 3.63) is 34.1 Å². The number of amides is 1. The zero-order valence-electron chi connectivity index (χ0n) is 8.97. The number of hydrogen-bond donors (Lipinski definition) is 2. The topological polar surface area (TPSA) is 55.1 Å². The van der Waals surface area contributed by atoms with Crippen LogP contribution in [-0.4, -0.2) is 18.5 Å². The van der Waals surface area contributed by atoms with Gasteiger partial charge in [0, 0.05) is 18.2 Å². The molecule has 0 saturated heterocycles. The highest BCUT2D eigenvalue weighted by atomic mass is 79.9. The number of rotatable bonds is 4. The second-order valence-corrected chi connectivity index (χ2v) is 4.51. The molecule has 0 fully saturated rings. The van der Waals surface area contributed by atoms with E-state index < -0.39 is 5.82 Å². The minimum atomic E-state index is -0.445. The molecular formula is C11H14BrFN2O. The van der Waals surface area contributed by atoms with Crippen LogP contribution in [0.5, 0.6) is 0 Å². The number of halogens is 2. The fourth-order valence-electron chi connectivity index (χ4n) is 1.15. The number of benzene rings is 1. The Bertz CT molecular complexity index is 382. The Labute approximate surface area is 102 Å². The average Bonchev–Trinajstić information content (AvgIpc) is 2.21. The van der Waals surface area contributed by atoms with Gasteiger partial charge >= 0.3 is 0 Å². The van der Waals surface area contributed by atoms with Gasteiger partial charge in [-0.3, -0.25) is 4.79 Å². The summed E-state index contributed by atoms with van der Waals surface area (Å²) in [6.07, 6.45) is 0.699. The summed E-state index contributed by atoms with van der Waals surface area (Å²) >= 11 is 3.03. The molecule has 0 aromatic heterocycles. The molecule has 0 heterocycles. The molecule has 1 aromatic rings. The van der Waals surface area contributed by atoms with Crippen molar-refractivity contribution >= 4 is 21.8 Å². The van der Waals surface area contributed by atoms with Crippen molar-refractivity contribution in [2.75, 3.05) is 6.54 Å². The normalized spacial score (nSPS) is 12.2. The number of nitrogens with two attached hydrogens (primary N) is 1. The SMILES string of the molecule is CC(N)CCNC(=O)c1ccc(Br)c(F)c1. The van der Waals surface area contributed by atoms with Gasteiger partial charge in [-0.2, -0.15) is 0 Å². The highest BCUT2D eigenvalue weighted by Crippen LogP contribution is 2.16. The van der Waals surface area contributed by atoms with Gasteiger partial charge in [0.25, 0.3) is 5.91 Å². The first kappa shape index (κ1) is 13.1. The van der Waals surface area contributed by atoms with Crippen molar-refractivity contribution in [1.82, 2.24) is 5.32 Å². The van der Waals surface area contributed by atoms with Crippen LogP contribution in [-0.2, 0) is 0 Å². The van der Waals surface area contributed by atoms with E-state index in [4.69, 9.17) is 5.73 Å². The summed E-state index contributed by atoms with van der Waals surface area (Å²) in [5, 5.41) is 2.68. The summed E-state index contributed by atoms with van der Waals surface area (Å²) in [7, 11) is 0. The molecule has 0 spiro atoms. The molecule has 0 aliphatic heterocycles. The van der Waals surface area contributed by atoms with Crippen LogP contribution >= 0.6 is 15.9 Å². The van der Waals surface area contributed by atoms with Crippen LogP contribution in [0.25, 0.3) is 0 Å². The smallest absolute Gasteiger partial charge is 0.251 e. The zero-order valence-corrected chi connectivity index (χ0v) is 10.6. The molecule has 16 heavy (non-hydrogen) atoms. The first-order chi connectivity index (χ1) is 7.50. The fraction of sp³-hybridized carbons (Fsp3) is 0.364. The maximum atomic E-state index is 13.1. The molecule has 88 valence electrons. The van der Waals surface area contributed by atoms with Crippen molar-refractivity contribution < 1.29 is 9.18 Å². The highest BCUT2D eigenvalue weighted by Gasteiger charge is 2.08. The summed E-state index contributed by atoms with van der Waals surface area (Å²) in [6, 6.07) is 4.32. The van der Waals surface area contributed by atoms with Gasteiger partial charge in [0.15, 0.2) is 0 Å². The Kier molecular flexibility index (Phi) is 4.89. The lowest BCUT2D eigenvalue weighted by atomic mass is 10.2. The average molecular weight is 289 g/mol. The fourth-order valence-corrected chi connectivity index (χ4v) is 1.40. The van der Waals surface area contributed by atoms with Gasteiger partial charge in [-0.1, -0.05) is 0 Å². The Morgan fingerprint density at radius 3 is 2.88 bits per heavy atom. The number of carbonyl (C=O) groups is 1. The van der Waals surface area contributed by atoms with Gasteiger partial charge in [0.1, 0.15) is 5.82 Å². The van der Waals surface area contributed by atoms with Crippen LogP contribution in [0.2, 0.25) is 0 Å². The predicted octanol–water partition coefficient (Wildman–Crippen LogP) is 2.06. The van der Waals surface area contributed by atoms with E-state index in [1.165, 1.54) is 12.1 Å². The molecule has 0 saturated carbocycles. The lowest BCUT2D eigenvalue weighted by Crippen LogP contribution is -2.28. The molecule has 1 aromatic carbocycles. The van der Waals surface area contributed by atoms with Gasteiger partial charge in [0.2, 0.25) is 0 Å². The van der Waals surface area contributed by atoms with E-state index in [2.05, 4.69) is 21.2 Å². The molecule has 3 nitrogen and oxygen atoms in total. The molecule has 1 unspecified atom stereocenters. The zero-order chi connectivity index (χ0) is 12.1. The quantitative estimate of drug-likeness (QED) is 0.891. The summed E-state index contributed by atoms with van der Waals surface area (Å²) in [5.74, 6) is -0.730. The van der Waals surface area contributed by atoms with Crippen molar-refractivity contribution in [3.63, 3.8) is 0 Å². The van der Waals surface area contributed by atoms with Crippen LogP contribution in [0.1, 0.15) is 23.7 Å². The van der Waals surface area contributed by atoms with Crippen LogP contribution in [0.15, 0.2) is 22.7 Å². The largest absolute Gasteiger partial charge is 0.352 e. The molecular weight excluding hydrogens is 275 g/mol. The minimum absolute atomic E-state index is 0.0435. The lowest BCUT2D eigenvalue weighted by molar-refractivity contribution is 0.0952. The summed E-state index contributed by atoms with van der Waals surface area (Å²) < 4.78 is 13.5. The summed E-state index contributed by atoms with van der Waals surface area (Å²) in [5.41, 5.74) is 5.85. The van der Waals surface area contributed by atoms with Gasteiger partial charge in [-0.25, -0.2) is 4.39 Å². The van der Waals surface area contributed by atoms with E-state index in [9.17, 15) is 9.18 Å². The molecule has 0 aliphatic carbocycles. The Morgan fingerprint density at radius 2 is 2.31 bits per heavy atom. The van der Waals surface area contributed by atoms with Gasteiger partial charge in [-0.05, 0) is 47.5 Å². The highest BCUT2D eigenvalue weighted by molar-refractivity contribution is 9.10. The van der Waals surface area contributed by atoms with Crippen molar-refractivity contribution in [2.24, 2.45) is 5.73 Å². The van der Waals surface area contributed by atoms with E-state index in [-0.39, 0.29) is 11.9 Å². The molecule has 1 atom stereocenters. The number of hydrogen-bond acceptors (Lipinski definition) is 2. The third-order valence-corrected chi connectivity index (χ3v) is 2.71. The minimum Gasteiger partial charge on any atom is -0.352 e. The first-order valence-corrected chi connectivity index (χ1v) is 5.79. The maximum Gasteiger partial charge on any atom is 0.251 e. The van der Waals surface area contributed by atoms with Crippen molar-refractivity contribution in [2.45, 2.75) is 19.4 Å². The van der Waals surface area contributed by atoms with Gasteiger partial charge in [-0.15, -0.1) is 0 Å². The second kappa shape index (κ2) is 5.96. The van der Waals surface area contributed by atoms with E-state index >= 15 is 0 Å². The molecule has 0 bridgehead atoms. The molecule has 5 heteroatoms. The molecule has 0 radical (unpaired) electrons. The monoisotopic (exact) mass is 288 g/mol. The Hall–Kier alpha value is -0.940. The van der Waals surface area contributed by atoms with Crippen LogP contribution < -0.4 is 11.1 Å². The Morgan fingerprint density at radius 1 is 1.62 bits per heavy atom. The molecule has 1 rings (SSSR count). The number of carbonyl (C=O) groups excluding carboxylic acids is 1. The van der Waals surface area contributed by atoms with Crippen LogP contribution in [0.4, 0.5) is 4.39 Å². The lowest BCUT2D eigenvalue weighted by Gasteiger charge is -2.07. The van der Waals surface area contributed by atoms with Crippen molar-refractivity contribution in [1.29, 1.82) is 0 Å². The molecule has 3 N–H and O–H groups in total. The summed E-state index contributed by atoms with van der Waals surface area (Å²) in [4.78, 5) is 11.6. The van der Waals surface area contributed by atoms with Gasteiger partial charge in [0.05, 0.1) is 4.47 Å². The molecule has 1 amide bonds. The first-order valence-electron chi connectivity index (χ1n) is 4.99. The third kappa shape index (κ3) is 3.90. The number of nitrogens with one attached hydrogen (secondary N) is 1. The van der Waals surface area contributed by atoms with E-state index in [0.29, 0.717) is 23.0 Å². The van der Waals surface area contributed by atoms with E-state index in [1.54, 1.807) is 6.07 Å². The van der Waals surface area contributed by atoms with Crippen LogP contribution in [0, 0.1) is 5.82 Å². The van der Waals surface area contributed by atoms with Crippen molar-refractivity contribution in [3.8, 4) is 0 Å². The maximum absolute atomic E-state index is 13.1. The molecule has 0 aliphatic rings. The Balaban J connectivity index is 2.56. The van der Waals surface area contributed by atoms with E-state index in [0.717, 1.165) is 0 Å². The second-order valence-electron chi connectivity index (χ2n) is 3.65. The van der Waals surface area contributed by atoms with E-state index in [1.807, 2.05) is 6.92 Å². The third-order valence-electron chi connectivity index (χ3n) is 2.07. The van der Waals surface area contributed by atoms with Crippen LogP contribution in [0.3, 0.4) is 0 Å². The predicted molar refractivity (Wildman–Crippen MR) is 64.7 cm³/mol. The summed E-state index contributed by atoms with van der Waals surface area (Å²) in [6.45, 7) is 2.36.